The van der Waals surface area contributed by atoms with E-state index in [4.69, 9.17) is 23.7 Å². The normalized spacial score (nSPS) is 22.7. The van der Waals surface area contributed by atoms with Gasteiger partial charge in [0.2, 0.25) is 0 Å². The Balaban J connectivity index is 1.59. The molecule has 6 heteroatoms. The average Bonchev–Trinajstić information content (AvgIpc) is 3.23. The lowest BCUT2D eigenvalue weighted by atomic mass is 9.91. The van der Waals surface area contributed by atoms with Crippen LogP contribution in [0.3, 0.4) is 0 Å². The van der Waals surface area contributed by atoms with Gasteiger partial charge in [0.05, 0.1) is 26.4 Å². The summed E-state index contributed by atoms with van der Waals surface area (Å²) in [5, 5.41) is 0. The monoisotopic (exact) mass is 516 g/mol. The average molecular weight is 517 g/mol. The maximum absolute atomic E-state index is 11.8. The van der Waals surface area contributed by atoms with Crippen molar-refractivity contribution in [1.82, 2.24) is 0 Å². The maximum Gasteiger partial charge on any atom is 0.302 e. The van der Waals surface area contributed by atoms with Crippen LogP contribution in [0.4, 0.5) is 0 Å². The van der Waals surface area contributed by atoms with Gasteiger partial charge in [0.15, 0.2) is 0 Å². The van der Waals surface area contributed by atoms with Gasteiger partial charge in [-0.25, -0.2) is 0 Å². The largest absolute Gasteiger partial charge is 0.463 e. The lowest BCUT2D eigenvalue weighted by Crippen LogP contribution is -2.49. The second-order valence-corrected chi connectivity index (χ2v) is 9.47. The van der Waals surface area contributed by atoms with Crippen LogP contribution in [-0.4, -0.2) is 43.1 Å². The lowest BCUT2D eigenvalue weighted by Gasteiger charge is -2.34. The summed E-state index contributed by atoms with van der Waals surface area (Å²) >= 11 is 0. The number of hydrogen-bond donors (Lipinski definition) is 0. The molecule has 0 radical (unpaired) electrons. The van der Waals surface area contributed by atoms with Crippen molar-refractivity contribution >= 4 is 5.97 Å². The van der Waals surface area contributed by atoms with Gasteiger partial charge in [0.1, 0.15) is 30.5 Å². The molecule has 4 atom stereocenters. The molecule has 0 saturated carbocycles. The van der Waals surface area contributed by atoms with Gasteiger partial charge in [0.25, 0.3) is 0 Å². The van der Waals surface area contributed by atoms with E-state index in [0.29, 0.717) is 32.8 Å². The zero-order valence-corrected chi connectivity index (χ0v) is 21.9. The zero-order chi connectivity index (χ0) is 26.6. The summed E-state index contributed by atoms with van der Waals surface area (Å²) in [7, 11) is 0. The van der Waals surface area contributed by atoms with E-state index in [-0.39, 0.29) is 12.6 Å². The van der Waals surface area contributed by atoms with Crippen LogP contribution in [0.15, 0.2) is 104 Å². The van der Waals surface area contributed by atoms with Gasteiger partial charge in [-0.1, -0.05) is 97.1 Å². The molecule has 1 saturated heterocycles. The van der Waals surface area contributed by atoms with Gasteiger partial charge in [-0.3, -0.25) is 4.79 Å². The maximum atomic E-state index is 11.8. The predicted octanol–water partition coefficient (Wildman–Crippen LogP) is 5.65. The van der Waals surface area contributed by atoms with E-state index in [0.717, 1.165) is 16.7 Å². The molecular formula is C32H36O6. The molecule has 1 aliphatic heterocycles. The summed E-state index contributed by atoms with van der Waals surface area (Å²) in [5.41, 5.74) is 2.17. The fourth-order valence-corrected chi connectivity index (χ4v) is 4.70. The molecule has 4 rings (SSSR count). The van der Waals surface area contributed by atoms with Gasteiger partial charge in [-0.05, 0) is 16.7 Å². The molecule has 200 valence electrons. The summed E-state index contributed by atoms with van der Waals surface area (Å²) in [5.74, 6) is -0.385. The van der Waals surface area contributed by atoms with E-state index < -0.39 is 23.9 Å². The molecule has 0 bridgehead atoms. The van der Waals surface area contributed by atoms with Gasteiger partial charge in [-0.15, -0.1) is 6.58 Å². The fourth-order valence-electron chi connectivity index (χ4n) is 4.70. The Kier molecular flexibility index (Phi) is 10.2. The van der Waals surface area contributed by atoms with E-state index >= 15 is 0 Å². The highest BCUT2D eigenvalue weighted by Gasteiger charge is 2.56. The zero-order valence-electron chi connectivity index (χ0n) is 21.9. The Bertz CT molecular complexity index is 1120. The first kappa shape index (κ1) is 27.7. The van der Waals surface area contributed by atoms with Gasteiger partial charge < -0.3 is 23.7 Å². The lowest BCUT2D eigenvalue weighted by molar-refractivity contribution is -0.168. The number of hydrogen-bond acceptors (Lipinski definition) is 6. The number of carbonyl (C=O) groups is 1. The Morgan fingerprint density at radius 1 is 0.842 bits per heavy atom. The summed E-state index contributed by atoms with van der Waals surface area (Å²) in [6.07, 6.45) is 0.738. The highest BCUT2D eigenvalue weighted by Crippen LogP contribution is 2.40. The van der Waals surface area contributed by atoms with Crippen LogP contribution in [0, 0.1) is 0 Å². The van der Waals surface area contributed by atoms with E-state index in [1.807, 2.05) is 91.0 Å². The van der Waals surface area contributed by atoms with Crippen LogP contribution in [0.2, 0.25) is 0 Å². The fraction of sp³-hybridized carbons (Fsp3) is 0.344. The Labute approximate surface area is 225 Å². The Hall–Kier alpha value is -3.29. The standard InChI is InChI=1S/C32H36O6/c1-3-19-32(24-37-25(2)33)31(36-22-28-17-11-6-12-18-28)30(35-21-27-15-9-5-10-16-27)29(38-32)23-34-20-26-13-7-4-8-14-26/h3-18,29-31H,1,19-24H2,2H3/t29-,30-,31+,32+/m1/s1. The molecule has 0 spiro atoms. The van der Waals surface area contributed by atoms with Crippen molar-refractivity contribution in [3.05, 3.63) is 120 Å². The van der Waals surface area contributed by atoms with Crippen LogP contribution < -0.4 is 0 Å². The molecule has 38 heavy (non-hydrogen) atoms. The molecule has 3 aromatic carbocycles. The third kappa shape index (κ3) is 7.62. The molecule has 6 nitrogen and oxygen atoms in total. The Morgan fingerprint density at radius 3 is 1.89 bits per heavy atom. The van der Waals surface area contributed by atoms with Crippen LogP contribution in [0.5, 0.6) is 0 Å². The minimum atomic E-state index is -0.968. The summed E-state index contributed by atoms with van der Waals surface area (Å²) < 4.78 is 31.3. The number of rotatable bonds is 14. The molecule has 0 N–H and O–H groups in total. The first-order valence-corrected chi connectivity index (χ1v) is 12.9. The van der Waals surface area contributed by atoms with E-state index in [9.17, 15) is 4.79 Å². The minimum absolute atomic E-state index is 0.0220. The molecule has 0 amide bonds. The molecule has 0 unspecified atom stereocenters. The number of benzene rings is 3. The highest BCUT2D eigenvalue weighted by molar-refractivity contribution is 5.66. The first-order chi connectivity index (χ1) is 18.6. The van der Waals surface area contributed by atoms with Crippen LogP contribution in [-0.2, 0) is 48.3 Å². The minimum Gasteiger partial charge on any atom is -0.463 e. The van der Waals surface area contributed by atoms with Crippen LogP contribution in [0.1, 0.15) is 30.0 Å². The van der Waals surface area contributed by atoms with Crippen molar-refractivity contribution in [3.63, 3.8) is 0 Å². The number of carbonyl (C=O) groups excluding carboxylic acids is 1. The van der Waals surface area contributed by atoms with E-state index in [1.165, 1.54) is 6.92 Å². The van der Waals surface area contributed by atoms with E-state index in [1.54, 1.807) is 6.08 Å². The van der Waals surface area contributed by atoms with Gasteiger partial charge in [0, 0.05) is 13.3 Å². The summed E-state index contributed by atoms with van der Waals surface area (Å²) in [4.78, 5) is 11.8. The molecule has 1 aliphatic rings. The molecule has 1 heterocycles. The Morgan fingerprint density at radius 2 is 1.37 bits per heavy atom. The van der Waals surface area contributed by atoms with E-state index in [2.05, 4.69) is 6.58 Å². The van der Waals surface area contributed by atoms with Crippen molar-refractivity contribution in [1.29, 1.82) is 0 Å². The van der Waals surface area contributed by atoms with Crippen LogP contribution in [0.25, 0.3) is 0 Å². The van der Waals surface area contributed by atoms with Gasteiger partial charge >= 0.3 is 5.97 Å². The topological polar surface area (TPSA) is 63.2 Å². The SMILES string of the molecule is C=CC[C@@]1(COC(C)=O)O[C@H](COCc2ccccc2)[C@@H](OCc2ccccc2)[C@@H]1OCc1ccccc1. The number of ether oxygens (including phenoxy) is 5. The van der Waals surface area contributed by atoms with Crippen molar-refractivity contribution < 1.29 is 28.5 Å². The molecular weight excluding hydrogens is 480 g/mol. The van der Waals surface area contributed by atoms with Crippen molar-refractivity contribution in [3.8, 4) is 0 Å². The number of esters is 1. The smallest absolute Gasteiger partial charge is 0.302 e. The second-order valence-electron chi connectivity index (χ2n) is 9.47. The molecule has 1 fully saturated rings. The third-order valence-corrected chi connectivity index (χ3v) is 6.53. The molecule has 0 aliphatic carbocycles. The second kappa shape index (κ2) is 14.0. The first-order valence-electron chi connectivity index (χ1n) is 12.9. The molecule has 0 aromatic heterocycles. The van der Waals surface area contributed by atoms with Crippen molar-refractivity contribution in [2.24, 2.45) is 0 Å². The van der Waals surface area contributed by atoms with Crippen molar-refractivity contribution in [2.45, 2.75) is 57.1 Å². The molecule has 3 aromatic rings. The summed E-state index contributed by atoms with van der Waals surface area (Å²) in [6.45, 7) is 6.83. The van der Waals surface area contributed by atoms with Gasteiger partial charge in [-0.2, -0.15) is 0 Å². The van der Waals surface area contributed by atoms with Crippen molar-refractivity contribution in [2.75, 3.05) is 13.2 Å². The third-order valence-electron chi connectivity index (χ3n) is 6.53. The summed E-state index contributed by atoms with van der Waals surface area (Å²) in [6, 6.07) is 29.9. The predicted molar refractivity (Wildman–Crippen MR) is 145 cm³/mol. The quantitative estimate of drug-likeness (QED) is 0.204. The van der Waals surface area contributed by atoms with Crippen LogP contribution >= 0.6 is 0 Å². The highest BCUT2D eigenvalue weighted by atomic mass is 16.6.